The van der Waals surface area contributed by atoms with Gasteiger partial charge in [-0.1, -0.05) is 38.3 Å². The Hall–Kier alpha value is -2.33. The highest BCUT2D eigenvalue weighted by Gasteiger charge is 2.19. The second kappa shape index (κ2) is 11.2. The van der Waals surface area contributed by atoms with Gasteiger partial charge in [-0.3, -0.25) is 4.72 Å². The van der Waals surface area contributed by atoms with E-state index in [2.05, 4.69) is 38.5 Å². The van der Waals surface area contributed by atoms with E-state index in [9.17, 15) is 13.0 Å². The summed E-state index contributed by atoms with van der Waals surface area (Å²) in [4.78, 5) is 15.5. The average Bonchev–Trinajstić information content (AvgIpc) is 3.12. The van der Waals surface area contributed by atoms with Gasteiger partial charge in [0.2, 0.25) is 18.3 Å². The van der Waals surface area contributed by atoms with Crippen LogP contribution in [0.15, 0.2) is 23.2 Å². The molecule has 3 heterocycles. The molecule has 0 bridgehead atoms. The number of ether oxygens (including phenoxy) is 1. The first kappa shape index (κ1) is 23.9. The summed E-state index contributed by atoms with van der Waals surface area (Å²) in [6, 6.07) is 3.27. The predicted octanol–water partition coefficient (Wildman–Crippen LogP) is 5.07. The Morgan fingerprint density at radius 3 is 2.53 bits per heavy atom. The molecule has 3 aromatic rings. The van der Waals surface area contributed by atoms with E-state index in [0.29, 0.717) is 26.8 Å². The fraction of sp³-hybridized carbons (Fsp3) is 0.421. The molecule has 7 nitrogen and oxygen atoms in total. The summed E-state index contributed by atoms with van der Waals surface area (Å²) in [6.07, 6.45) is 1.10. The number of methoxy groups -OCH3 is 1. The quantitative estimate of drug-likeness (QED) is 0.481. The van der Waals surface area contributed by atoms with Crippen molar-refractivity contribution in [2.75, 3.05) is 11.8 Å². The largest absolute Gasteiger partial charge is 0.481 e. The molecule has 11 heteroatoms. The smallest absolute Gasteiger partial charge is 0.242 e. The zero-order chi connectivity index (χ0) is 22.3. The minimum absolute atomic E-state index is 0.00646. The number of aromatic amines is 1. The Labute approximate surface area is 181 Å². The zero-order valence-corrected chi connectivity index (χ0v) is 18.7. The second-order valence-corrected chi connectivity index (χ2v) is 7.84. The molecule has 1 atom stereocenters. The molecule has 0 radical (unpaired) electrons. The van der Waals surface area contributed by atoms with Crippen LogP contribution in [0.1, 0.15) is 37.9 Å². The number of nitrogens with zero attached hydrogens (tertiary/aromatic N) is 3. The van der Waals surface area contributed by atoms with E-state index < -0.39 is 23.8 Å². The molecule has 3 aromatic heterocycles. The number of nitrogens with one attached hydrogen (secondary N) is 2. The molecule has 30 heavy (non-hydrogen) atoms. The lowest BCUT2D eigenvalue weighted by Crippen LogP contribution is -2.12. The number of alkyl halides is 2. The van der Waals surface area contributed by atoms with Gasteiger partial charge in [-0.15, -0.1) is 0 Å². The Morgan fingerprint density at radius 1 is 1.23 bits per heavy atom. The van der Waals surface area contributed by atoms with E-state index in [0.717, 1.165) is 0 Å². The van der Waals surface area contributed by atoms with Crippen molar-refractivity contribution in [3.63, 3.8) is 0 Å². The lowest BCUT2D eigenvalue weighted by atomic mass is 10.2. The van der Waals surface area contributed by atoms with E-state index in [-0.39, 0.29) is 17.4 Å². The molecule has 0 saturated carbocycles. The Bertz CT molecular complexity index is 1010. The fourth-order valence-electron chi connectivity index (χ4n) is 2.42. The standard InChI is InChI=1S/C15H14ClF2N5O2S.C4H10/c1-7-9(5-12(17)18)14(25-2)22-15(20-7)23-26(24)10-6-19-13-8(10)3-4-11(16)21-13;1-3-4-2/h3-4,6,12H,5H2,1-2H3,(H,19,21)(H,20,22,23);3-4H2,1-2H3. The summed E-state index contributed by atoms with van der Waals surface area (Å²) in [7, 11) is -0.387. The lowest BCUT2D eigenvalue weighted by Gasteiger charge is -2.12. The van der Waals surface area contributed by atoms with Crippen LogP contribution in [0.2, 0.25) is 5.15 Å². The van der Waals surface area contributed by atoms with Gasteiger partial charge in [-0.05, 0) is 19.1 Å². The second-order valence-electron chi connectivity index (χ2n) is 6.27. The monoisotopic (exact) mass is 459 g/mol. The van der Waals surface area contributed by atoms with Crippen molar-refractivity contribution >= 4 is 39.6 Å². The van der Waals surface area contributed by atoms with Crippen molar-refractivity contribution < 1.29 is 17.7 Å². The van der Waals surface area contributed by atoms with E-state index in [1.165, 1.54) is 26.1 Å². The number of aromatic nitrogens is 4. The number of pyridine rings is 1. The maximum atomic E-state index is 12.7. The first-order chi connectivity index (χ1) is 14.3. The van der Waals surface area contributed by atoms with E-state index in [1.54, 1.807) is 19.1 Å². The number of rotatable bonds is 7. The molecule has 0 aliphatic carbocycles. The summed E-state index contributed by atoms with van der Waals surface area (Å²) in [6.45, 7) is 5.92. The zero-order valence-electron chi connectivity index (χ0n) is 17.1. The number of aryl methyl sites for hydroxylation is 1. The van der Waals surface area contributed by atoms with Gasteiger partial charge in [0.25, 0.3) is 0 Å². The van der Waals surface area contributed by atoms with Gasteiger partial charge in [0.05, 0.1) is 17.7 Å². The maximum Gasteiger partial charge on any atom is 0.242 e. The van der Waals surface area contributed by atoms with Crippen LogP contribution in [-0.2, 0) is 17.4 Å². The van der Waals surface area contributed by atoms with Gasteiger partial charge in [-0.2, -0.15) is 4.98 Å². The highest BCUT2D eigenvalue weighted by molar-refractivity contribution is 7.86. The molecule has 0 spiro atoms. The summed E-state index contributed by atoms with van der Waals surface area (Å²) in [5, 5.41) is 0.932. The summed E-state index contributed by atoms with van der Waals surface area (Å²) in [5.41, 5.74) is 1.03. The molecule has 0 fully saturated rings. The van der Waals surface area contributed by atoms with Crippen molar-refractivity contribution in [1.29, 1.82) is 0 Å². The van der Waals surface area contributed by atoms with Gasteiger partial charge in [-0.25, -0.2) is 23.0 Å². The number of H-pyrrole nitrogens is 1. The van der Waals surface area contributed by atoms with Crippen LogP contribution in [0, 0.1) is 6.92 Å². The van der Waals surface area contributed by atoms with Crippen LogP contribution in [0.3, 0.4) is 0 Å². The third-order valence-electron chi connectivity index (χ3n) is 4.08. The topological polar surface area (TPSA) is 92.8 Å². The van der Waals surface area contributed by atoms with E-state index >= 15 is 0 Å². The summed E-state index contributed by atoms with van der Waals surface area (Å²) in [5.74, 6) is 0.0247. The van der Waals surface area contributed by atoms with Gasteiger partial charge < -0.3 is 9.72 Å². The number of fused-ring (bicyclic) bond motifs is 1. The lowest BCUT2D eigenvalue weighted by molar-refractivity contribution is 0.147. The number of anilines is 1. The summed E-state index contributed by atoms with van der Waals surface area (Å²) >= 11 is 5.83. The Kier molecular flexibility index (Phi) is 8.91. The van der Waals surface area contributed by atoms with Crippen molar-refractivity contribution in [2.45, 2.75) is 51.4 Å². The van der Waals surface area contributed by atoms with Crippen molar-refractivity contribution in [2.24, 2.45) is 0 Å². The van der Waals surface area contributed by atoms with Gasteiger partial charge in [0.15, 0.2) is 11.0 Å². The number of halogens is 3. The van der Waals surface area contributed by atoms with Crippen LogP contribution in [-0.4, -0.2) is 37.7 Å². The van der Waals surface area contributed by atoms with E-state index in [4.69, 9.17) is 16.3 Å². The van der Waals surface area contributed by atoms with Crippen molar-refractivity contribution in [3.05, 3.63) is 34.7 Å². The molecule has 0 saturated heterocycles. The first-order valence-corrected chi connectivity index (χ1v) is 10.8. The Morgan fingerprint density at radius 2 is 1.93 bits per heavy atom. The third-order valence-corrected chi connectivity index (χ3v) is 5.39. The third kappa shape index (κ3) is 6.09. The molecule has 0 aromatic carbocycles. The SMILES string of the molecule is CCCC.COc1nc(NS(=O)c2c[nH]c3nc(Cl)ccc23)nc(C)c1CC(F)F. The fourth-order valence-corrected chi connectivity index (χ4v) is 3.47. The minimum atomic E-state index is -2.55. The van der Waals surface area contributed by atoms with Crippen molar-refractivity contribution in [1.82, 2.24) is 19.9 Å². The molecule has 1 unspecified atom stereocenters. The highest BCUT2D eigenvalue weighted by Crippen LogP contribution is 2.25. The summed E-state index contributed by atoms with van der Waals surface area (Å²) < 4.78 is 45.7. The van der Waals surface area contributed by atoms with Gasteiger partial charge in [0, 0.05) is 23.6 Å². The van der Waals surface area contributed by atoms with Gasteiger partial charge in [0.1, 0.15) is 10.8 Å². The molecule has 2 N–H and O–H groups in total. The molecule has 3 rings (SSSR count). The Balaban J connectivity index is 0.000000735. The molecule has 0 amide bonds. The van der Waals surface area contributed by atoms with E-state index in [1.807, 2.05) is 0 Å². The van der Waals surface area contributed by atoms with Crippen molar-refractivity contribution in [3.8, 4) is 5.88 Å². The van der Waals surface area contributed by atoms with Gasteiger partial charge >= 0.3 is 0 Å². The first-order valence-electron chi connectivity index (χ1n) is 9.32. The van der Waals surface area contributed by atoms with Crippen LogP contribution in [0.4, 0.5) is 14.7 Å². The molecular formula is C19H24ClF2N5O2S. The minimum Gasteiger partial charge on any atom is -0.481 e. The highest BCUT2D eigenvalue weighted by atomic mass is 35.5. The number of hydrogen-bond donors (Lipinski definition) is 2. The molecule has 0 aliphatic rings. The molecule has 0 aliphatic heterocycles. The van der Waals surface area contributed by atoms with Crippen LogP contribution < -0.4 is 9.46 Å². The predicted molar refractivity (Wildman–Crippen MR) is 115 cm³/mol. The molecular weight excluding hydrogens is 436 g/mol. The average molecular weight is 460 g/mol. The number of unbranched alkanes of at least 4 members (excludes halogenated alkanes) is 1. The van der Waals surface area contributed by atoms with Crippen LogP contribution in [0.25, 0.3) is 11.0 Å². The normalized spacial score (nSPS) is 11.9. The molecule has 164 valence electrons. The van der Waals surface area contributed by atoms with Crippen LogP contribution in [0.5, 0.6) is 5.88 Å². The number of hydrogen-bond acceptors (Lipinski definition) is 5. The maximum absolute atomic E-state index is 12.7. The van der Waals surface area contributed by atoms with Crippen LogP contribution >= 0.6 is 11.6 Å².